The van der Waals surface area contributed by atoms with Crippen molar-refractivity contribution in [2.24, 2.45) is 0 Å². The van der Waals surface area contributed by atoms with Crippen LogP contribution in [0.25, 0.3) is 0 Å². The first-order valence-electron chi connectivity index (χ1n) is 4.42. The van der Waals surface area contributed by atoms with E-state index in [2.05, 4.69) is 5.32 Å². The number of aliphatic hydroxyl groups is 3. The zero-order chi connectivity index (χ0) is 9.14. The quantitative estimate of drug-likeness (QED) is 0.427. The van der Waals surface area contributed by atoms with Crippen molar-refractivity contribution in [1.29, 1.82) is 0 Å². The van der Waals surface area contributed by atoms with Gasteiger partial charge < -0.3 is 20.6 Å². The van der Waals surface area contributed by atoms with Gasteiger partial charge in [0.1, 0.15) is 0 Å². The lowest BCUT2D eigenvalue weighted by Crippen LogP contribution is -2.58. The van der Waals surface area contributed by atoms with E-state index in [0.29, 0.717) is 6.42 Å². The normalized spacial score (nSPS) is 43.0. The lowest BCUT2D eigenvalue weighted by molar-refractivity contribution is -0.0512. The molecule has 0 aromatic rings. The van der Waals surface area contributed by atoms with E-state index < -0.39 is 12.2 Å². The van der Waals surface area contributed by atoms with Crippen LogP contribution in [0.5, 0.6) is 0 Å². The molecule has 0 aliphatic carbocycles. The molecule has 0 aromatic heterocycles. The molecule has 0 saturated carbocycles. The van der Waals surface area contributed by atoms with Crippen molar-refractivity contribution < 1.29 is 15.3 Å². The van der Waals surface area contributed by atoms with E-state index in [1.165, 1.54) is 0 Å². The second kappa shape index (κ2) is 4.18. The summed E-state index contributed by atoms with van der Waals surface area (Å²) in [5.74, 6) is 0. The number of nitrogens with one attached hydrogen (secondary N) is 1. The van der Waals surface area contributed by atoms with Gasteiger partial charge in [0.2, 0.25) is 0 Å². The molecule has 4 unspecified atom stereocenters. The molecule has 0 aromatic carbocycles. The van der Waals surface area contributed by atoms with Crippen LogP contribution in [0.4, 0.5) is 0 Å². The molecule has 1 heterocycles. The zero-order valence-electron chi connectivity index (χ0n) is 7.27. The Balaban J connectivity index is 2.52. The molecule has 0 radical (unpaired) electrons. The average molecular weight is 175 g/mol. The van der Waals surface area contributed by atoms with Crippen molar-refractivity contribution in [3.8, 4) is 0 Å². The Morgan fingerprint density at radius 3 is 2.58 bits per heavy atom. The molecule has 4 N–H and O–H groups in total. The van der Waals surface area contributed by atoms with Crippen LogP contribution >= 0.6 is 0 Å². The maximum absolute atomic E-state index is 9.38. The highest BCUT2D eigenvalue weighted by Crippen LogP contribution is 2.15. The first kappa shape index (κ1) is 9.92. The standard InChI is InChI=1S/C8H17NO3/c1-2-5-3-7(11)8(12)6(4-10)9-5/h5-12H,2-4H2,1H3. The minimum Gasteiger partial charge on any atom is -0.395 e. The van der Waals surface area contributed by atoms with Gasteiger partial charge in [-0.05, 0) is 12.8 Å². The zero-order valence-corrected chi connectivity index (χ0v) is 7.27. The summed E-state index contributed by atoms with van der Waals surface area (Å²) in [4.78, 5) is 0. The van der Waals surface area contributed by atoms with Crippen LogP contribution in [-0.2, 0) is 0 Å². The van der Waals surface area contributed by atoms with Gasteiger partial charge in [0.05, 0.1) is 24.9 Å². The van der Waals surface area contributed by atoms with Crippen molar-refractivity contribution in [3.05, 3.63) is 0 Å². The SMILES string of the molecule is CCC1CC(O)C(O)C(CO)N1. The molecule has 0 spiro atoms. The van der Waals surface area contributed by atoms with Gasteiger partial charge in [-0.3, -0.25) is 0 Å². The fourth-order valence-corrected chi connectivity index (χ4v) is 1.61. The van der Waals surface area contributed by atoms with E-state index in [1.807, 2.05) is 6.92 Å². The summed E-state index contributed by atoms with van der Waals surface area (Å²) in [6.07, 6.45) is -0.0693. The second-order valence-corrected chi connectivity index (χ2v) is 3.35. The lowest BCUT2D eigenvalue weighted by Gasteiger charge is -2.36. The van der Waals surface area contributed by atoms with Gasteiger partial charge in [0.15, 0.2) is 0 Å². The van der Waals surface area contributed by atoms with Crippen LogP contribution in [0, 0.1) is 0 Å². The third-order valence-electron chi connectivity index (χ3n) is 2.47. The van der Waals surface area contributed by atoms with Crippen LogP contribution in [0.3, 0.4) is 0 Å². The van der Waals surface area contributed by atoms with Gasteiger partial charge >= 0.3 is 0 Å². The smallest absolute Gasteiger partial charge is 0.0974 e. The van der Waals surface area contributed by atoms with Crippen LogP contribution in [0.2, 0.25) is 0 Å². The Morgan fingerprint density at radius 2 is 2.08 bits per heavy atom. The number of hydrogen-bond acceptors (Lipinski definition) is 4. The molecule has 4 atom stereocenters. The maximum Gasteiger partial charge on any atom is 0.0974 e. The highest BCUT2D eigenvalue weighted by atomic mass is 16.3. The molecule has 4 heteroatoms. The molecule has 0 bridgehead atoms. The largest absolute Gasteiger partial charge is 0.395 e. The summed E-state index contributed by atoms with van der Waals surface area (Å²) < 4.78 is 0. The number of rotatable bonds is 2. The minimum absolute atomic E-state index is 0.130. The van der Waals surface area contributed by atoms with E-state index >= 15 is 0 Å². The van der Waals surface area contributed by atoms with Gasteiger partial charge in [0.25, 0.3) is 0 Å². The summed E-state index contributed by atoms with van der Waals surface area (Å²) in [5.41, 5.74) is 0. The van der Waals surface area contributed by atoms with Crippen molar-refractivity contribution >= 4 is 0 Å². The number of hydrogen-bond donors (Lipinski definition) is 4. The van der Waals surface area contributed by atoms with Crippen molar-refractivity contribution in [2.45, 2.75) is 44.1 Å². The molecule has 4 nitrogen and oxygen atoms in total. The fourth-order valence-electron chi connectivity index (χ4n) is 1.61. The predicted molar refractivity (Wildman–Crippen MR) is 44.7 cm³/mol. The Morgan fingerprint density at radius 1 is 1.42 bits per heavy atom. The summed E-state index contributed by atoms with van der Waals surface area (Å²) in [6, 6.07) is -0.167. The lowest BCUT2D eigenvalue weighted by atomic mass is 9.92. The Labute approximate surface area is 72.2 Å². The highest BCUT2D eigenvalue weighted by molar-refractivity contribution is 4.91. The highest BCUT2D eigenvalue weighted by Gasteiger charge is 2.33. The molecular formula is C8H17NO3. The first-order chi connectivity index (χ1) is 5.69. The van der Waals surface area contributed by atoms with E-state index in [4.69, 9.17) is 5.11 Å². The third kappa shape index (κ3) is 1.95. The fraction of sp³-hybridized carbons (Fsp3) is 1.00. The molecule has 72 valence electrons. The topological polar surface area (TPSA) is 72.7 Å². The van der Waals surface area contributed by atoms with Gasteiger partial charge in [-0.25, -0.2) is 0 Å². The molecule has 1 aliphatic rings. The number of piperidine rings is 1. The maximum atomic E-state index is 9.38. The summed E-state index contributed by atoms with van der Waals surface area (Å²) in [5, 5.41) is 30.7. The van der Waals surface area contributed by atoms with E-state index in [9.17, 15) is 10.2 Å². The van der Waals surface area contributed by atoms with Crippen LogP contribution in [-0.4, -0.2) is 46.2 Å². The Bertz CT molecular complexity index is 142. The third-order valence-corrected chi connectivity index (χ3v) is 2.47. The molecule has 12 heavy (non-hydrogen) atoms. The van der Waals surface area contributed by atoms with Crippen LogP contribution in [0.15, 0.2) is 0 Å². The monoisotopic (exact) mass is 175 g/mol. The van der Waals surface area contributed by atoms with Crippen molar-refractivity contribution in [2.75, 3.05) is 6.61 Å². The van der Waals surface area contributed by atoms with Crippen LogP contribution in [0.1, 0.15) is 19.8 Å². The minimum atomic E-state index is -0.835. The van der Waals surface area contributed by atoms with Gasteiger partial charge in [-0.2, -0.15) is 0 Å². The molecule has 1 rings (SSSR count). The molecule has 1 saturated heterocycles. The summed E-state index contributed by atoms with van der Waals surface area (Å²) in [7, 11) is 0. The predicted octanol–water partition coefficient (Wildman–Crippen LogP) is -1.16. The second-order valence-electron chi connectivity index (χ2n) is 3.35. The summed E-state index contributed by atoms with van der Waals surface area (Å²) in [6.45, 7) is 1.88. The number of aliphatic hydroxyl groups excluding tert-OH is 3. The molecular weight excluding hydrogens is 158 g/mol. The molecule has 1 aliphatic heterocycles. The van der Waals surface area contributed by atoms with Crippen LogP contribution < -0.4 is 5.32 Å². The van der Waals surface area contributed by atoms with Gasteiger partial charge in [-0.15, -0.1) is 0 Å². The van der Waals surface area contributed by atoms with E-state index in [-0.39, 0.29) is 18.7 Å². The van der Waals surface area contributed by atoms with E-state index in [1.54, 1.807) is 0 Å². The molecule has 0 amide bonds. The summed E-state index contributed by atoms with van der Waals surface area (Å²) >= 11 is 0. The van der Waals surface area contributed by atoms with Crippen molar-refractivity contribution in [1.82, 2.24) is 5.32 Å². The first-order valence-corrected chi connectivity index (χ1v) is 4.42. The Hall–Kier alpha value is -0.160. The Kier molecular flexibility index (Phi) is 3.46. The van der Waals surface area contributed by atoms with Crippen molar-refractivity contribution in [3.63, 3.8) is 0 Å². The van der Waals surface area contributed by atoms with Gasteiger partial charge in [-0.1, -0.05) is 6.92 Å². The average Bonchev–Trinajstić information content (AvgIpc) is 2.09. The van der Waals surface area contributed by atoms with E-state index in [0.717, 1.165) is 6.42 Å². The van der Waals surface area contributed by atoms with Gasteiger partial charge in [0, 0.05) is 6.04 Å². The molecule has 1 fully saturated rings.